The normalized spacial score (nSPS) is 11.5. The molecule has 1 unspecified atom stereocenters. The zero-order valence-electron chi connectivity index (χ0n) is 14.6. The van der Waals surface area contributed by atoms with E-state index in [1.807, 2.05) is 0 Å². The summed E-state index contributed by atoms with van der Waals surface area (Å²) in [5.41, 5.74) is 1.08. The van der Waals surface area contributed by atoms with Crippen LogP contribution in [-0.2, 0) is 9.53 Å². The molecule has 0 saturated carbocycles. The summed E-state index contributed by atoms with van der Waals surface area (Å²) in [5, 5.41) is 6.08. The first kappa shape index (κ1) is 19.8. The van der Waals surface area contributed by atoms with Crippen LogP contribution in [0.3, 0.4) is 0 Å². The number of benzene rings is 2. The average molecular weight is 377 g/mol. The van der Waals surface area contributed by atoms with Gasteiger partial charge < -0.3 is 20.1 Å². The van der Waals surface area contributed by atoms with Gasteiger partial charge in [0.15, 0.2) is 6.10 Å². The van der Waals surface area contributed by atoms with Gasteiger partial charge in [-0.15, -0.1) is 0 Å². The summed E-state index contributed by atoms with van der Waals surface area (Å²) in [6, 6.07) is 13.4. The maximum atomic E-state index is 12.2. The highest BCUT2D eigenvalue weighted by Gasteiger charge is 2.15. The van der Waals surface area contributed by atoms with Crippen molar-refractivity contribution < 1.29 is 19.1 Å². The third kappa shape index (κ3) is 6.06. The number of methoxy groups -OCH3 is 1. The van der Waals surface area contributed by atoms with Crippen LogP contribution in [0.25, 0.3) is 0 Å². The number of hydrogen-bond acceptors (Lipinski definition) is 4. The fourth-order valence-electron chi connectivity index (χ4n) is 2.09. The lowest BCUT2D eigenvalue weighted by Gasteiger charge is -2.15. The van der Waals surface area contributed by atoms with Gasteiger partial charge in [-0.1, -0.05) is 11.6 Å². The molecule has 0 heterocycles. The molecule has 1 atom stereocenters. The van der Waals surface area contributed by atoms with Crippen LogP contribution < -0.4 is 15.4 Å². The highest BCUT2D eigenvalue weighted by Crippen LogP contribution is 2.17. The summed E-state index contributed by atoms with van der Waals surface area (Å²) in [6.45, 7) is 2.54. The van der Waals surface area contributed by atoms with Gasteiger partial charge in [0.1, 0.15) is 5.75 Å². The van der Waals surface area contributed by atoms with Crippen LogP contribution in [0, 0.1) is 0 Å². The number of amides is 2. The lowest BCUT2D eigenvalue weighted by atomic mass is 10.2. The van der Waals surface area contributed by atoms with Crippen molar-refractivity contribution in [2.24, 2.45) is 0 Å². The molecule has 2 amide bonds. The molecule has 0 fully saturated rings. The summed E-state index contributed by atoms with van der Waals surface area (Å²) >= 11 is 5.82. The van der Waals surface area contributed by atoms with Crippen molar-refractivity contribution in [3.05, 3.63) is 59.1 Å². The SMILES string of the molecule is COCCNC(=O)c1ccc(NC(=O)C(C)Oc2ccc(Cl)cc2)cc1. The molecule has 2 rings (SSSR count). The minimum atomic E-state index is -0.687. The fraction of sp³-hybridized carbons (Fsp3) is 0.263. The van der Waals surface area contributed by atoms with E-state index in [0.717, 1.165) is 0 Å². The summed E-state index contributed by atoms with van der Waals surface area (Å²) < 4.78 is 10.5. The van der Waals surface area contributed by atoms with E-state index in [4.69, 9.17) is 21.1 Å². The van der Waals surface area contributed by atoms with Gasteiger partial charge in [-0.2, -0.15) is 0 Å². The average Bonchev–Trinajstić information content (AvgIpc) is 2.64. The Labute approximate surface area is 157 Å². The standard InChI is InChI=1S/C19H21ClN2O4/c1-13(26-17-9-5-15(20)6-10-17)18(23)22-16-7-3-14(4-8-16)19(24)21-11-12-25-2/h3-10,13H,11-12H2,1-2H3,(H,21,24)(H,22,23). The van der Waals surface area contributed by atoms with Crippen LogP contribution in [0.2, 0.25) is 5.02 Å². The number of hydrogen-bond donors (Lipinski definition) is 2. The van der Waals surface area contributed by atoms with Gasteiger partial charge in [0.25, 0.3) is 11.8 Å². The van der Waals surface area contributed by atoms with E-state index in [0.29, 0.717) is 35.2 Å². The lowest BCUT2D eigenvalue weighted by molar-refractivity contribution is -0.122. The predicted molar refractivity (Wildman–Crippen MR) is 101 cm³/mol. The van der Waals surface area contributed by atoms with Crippen LogP contribution in [0.5, 0.6) is 5.75 Å². The van der Waals surface area contributed by atoms with Crippen molar-refractivity contribution >= 4 is 29.1 Å². The molecule has 0 aliphatic heterocycles. The van der Waals surface area contributed by atoms with E-state index < -0.39 is 6.10 Å². The van der Waals surface area contributed by atoms with Crippen molar-refractivity contribution in [3.8, 4) is 5.75 Å². The van der Waals surface area contributed by atoms with Crippen LogP contribution in [0.4, 0.5) is 5.69 Å². The molecule has 0 radical (unpaired) electrons. The van der Waals surface area contributed by atoms with E-state index in [1.165, 1.54) is 0 Å². The van der Waals surface area contributed by atoms with Gasteiger partial charge in [0.05, 0.1) is 6.61 Å². The number of ether oxygens (including phenoxy) is 2. The molecule has 0 bridgehead atoms. The van der Waals surface area contributed by atoms with Crippen molar-refractivity contribution in [3.63, 3.8) is 0 Å². The minimum Gasteiger partial charge on any atom is -0.481 e. The van der Waals surface area contributed by atoms with Crippen molar-refractivity contribution in [1.29, 1.82) is 0 Å². The summed E-state index contributed by atoms with van der Waals surface area (Å²) in [6.07, 6.45) is -0.687. The largest absolute Gasteiger partial charge is 0.481 e. The fourth-order valence-corrected chi connectivity index (χ4v) is 2.21. The van der Waals surface area contributed by atoms with Crippen molar-refractivity contribution in [2.75, 3.05) is 25.6 Å². The highest BCUT2D eigenvalue weighted by atomic mass is 35.5. The first-order valence-electron chi connectivity index (χ1n) is 8.10. The number of carbonyl (C=O) groups excluding carboxylic acids is 2. The Kier molecular flexibility index (Phi) is 7.44. The van der Waals surface area contributed by atoms with E-state index in [1.54, 1.807) is 62.6 Å². The van der Waals surface area contributed by atoms with E-state index in [2.05, 4.69) is 10.6 Å². The third-order valence-corrected chi connectivity index (χ3v) is 3.75. The van der Waals surface area contributed by atoms with Crippen LogP contribution in [0.1, 0.15) is 17.3 Å². The lowest BCUT2D eigenvalue weighted by Crippen LogP contribution is -2.30. The van der Waals surface area contributed by atoms with Crippen LogP contribution in [-0.4, -0.2) is 38.2 Å². The van der Waals surface area contributed by atoms with Gasteiger partial charge in [0.2, 0.25) is 0 Å². The Morgan fingerprint density at radius 1 is 1.08 bits per heavy atom. The molecule has 6 nitrogen and oxygen atoms in total. The Morgan fingerprint density at radius 2 is 1.73 bits per heavy atom. The Balaban J connectivity index is 1.88. The second-order valence-electron chi connectivity index (χ2n) is 5.53. The number of nitrogens with one attached hydrogen (secondary N) is 2. The number of halogens is 1. The molecule has 0 saturated heterocycles. The molecule has 2 aromatic rings. The topological polar surface area (TPSA) is 76.7 Å². The maximum absolute atomic E-state index is 12.2. The number of anilines is 1. The van der Waals surface area contributed by atoms with Gasteiger partial charge in [-0.05, 0) is 55.5 Å². The maximum Gasteiger partial charge on any atom is 0.265 e. The van der Waals surface area contributed by atoms with Crippen LogP contribution in [0.15, 0.2) is 48.5 Å². The van der Waals surface area contributed by atoms with E-state index in [9.17, 15) is 9.59 Å². The molecule has 0 spiro atoms. The first-order valence-corrected chi connectivity index (χ1v) is 8.47. The van der Waals surface area contributed by atoms with Gasteiger partial charge in [0, 0.05) is 29.9 Å². The minimum absolute atomic E-state index is 0.195. The zero-order chi connectivity index (χ0) is 18.9. The molecule has 26 heavy (non-hydrogen) atoms. The van der Waals surface area contributed by atoms with Crippen molar-refractivity contribution in [2.45, 2.75) is 13.0 Å². The molecule has 0 aliphatic carbocycles. The first-order chi connectivity index (χ1) is 12.5. The molecular formula is C19H21ClN2O4. The highest BCUT2D eigenvalue weighted by molar-refractivity contribution is 6.30. The molecule has 0 aliphatic rings. The predicted octanol–water partition coefficient (Wildman–Crippen LogP) is 3.12. The summed E-state index contributed by atoms with van der Waals surface area (Å²) in [5.74, 6) is 0.0664. The van der Waals surface area contributed by atoms with E-state index in [-0.39, 0.29) is 11.8 Å². The zero-order valence-corrected chi connectivity index (χ0v) is 15.4. The Hall–Kier alpha value is -2.57. The van der Waals surface area contributed by atoms with Crippen molar-refractivity contribution in [1.82, 2.24) is 5.32 Å². The second kappa shape index (κ2) is 9.79. The summed E-state index contributed by atoms with van der Waals surface area (Å²) in [7, 11) is 1.57. The molecule has 7 heteroatoms. The molecular weight excluding hydrogens is 356 g/mol. The molecule has 0 aromatic heterocycles. The Bertz CT molecular complexity index is 732. The Morgan fingerprint density at radius 3 is 2.35 bits per heavy atom. The monoisotopic (exact) mass is 376 g/mol. The number of rotatable bonds is 8. The van der Waals surface area contributed by atoms with Gasteiger partial charge >= 0.3 is 0 Å². The number of carbonyl (C=O) groups is 2. The smallest absolute Gasteiger partial charge is 0.265 e. The van der Waals surface area contributed by atoms with E-state index >= 15 is 0 Å². The van der Waals surface area contributed by atoms with Gasteiger partial charge in [-0.25, -0.2) is 0 Å². The third-order valence-electron chi connectivity index (χ3n) is 3.50. The summed E-state index contributed by atoms with van der Waals surface area (Å²) in [4.78, 5) is 24.1. The molecule has 2 aromatic carbocycles. The molecule has 2 N–H and O–H groups in total. The molecule has 138 valence electrons. The van der Waals surface area contributed by atoms with Gasteiger partial charge in [-0.3, -0.25) is 9.59 Å². The quantitative estimate of drug-likeness (QED) is 0.694. The van der Waals surface area contributed by atoms with Crippen LogP contribution >= 0.6 is 11.6 Å². The second-order valence-corrected chi connectivity index (χ2v) is 5.97.